The smallest absolute Gasteiger partial charge is 0.207 e. The zero-order chi connectivity index (χ0) is 14.0. The molecule has 0 aliphatic heterocycles. The van der Waals surface area contributed by atoms with Crippen molar-refractivity contribution in [3.8, 4) is 0 Å². The van der Waals surface area contributed by atoms with Crippen LogP contribution in [0.25, 0.3) is 0 Å². The van der Waals surface area contributed by atoms with Crippen LogP contribution in [0.1, 0.15) is 22.1 Å². The van der Waals surface area contributed by atoms with Gasteiger partial charge in [-0.05, 0) is 35.7 Å². The lowest BCUT2D eigenvalue weighted by atomic mass is 10.0. The van der Waals surface area contributed by atoms with Crippen LogP contribution in [-0.2, 0) is 9.05 Å². The minimum Gasteiger partial charge on any atom is -0.207 e. The van der Waals surface area contributed by atoms with Crippen LogP contribution in [0, 0.1) is 6.92 Å². The number of aryl methyl sites for hydroxylation is 1. The first-order chi connectivity index (χ1) is 8.89. The lowest BCUT2D eigenvalue weighted by molar-refractivity contribution is 0.609. The van der Waals surface area contributed by atoms with E-state index in [1.54, 1.807) is 6.07 Å². The number of benzene rings is 2. The van der Waals surface area contributed by atoms with Gasteiger partial charge in [-0.15, -0.1) is 11.6 Å². The molecule has 0 saturated heterocycles. The fraction of sp³-hybridized carbons (Fsp3) is 0.143. The Kier molecular flexibility index (Phi) is 4.19. The Morgan fingerprint density at radius 2 is 1.68 bits per heavy atom. The predicted molar refractivity (Wildman–Crippen MR) is 78.4 cm³/mol. The Morgan fingerprint density at radius 1 is 1.05 bits per heavy atom. The third kappa shape index (κ3) is 3.30. The van der Waals surface area contributed by atoms with Crippen molar-refractivity contribution in [2.24, 2.45) is 0 Å². The quantitative estimate of drug-likeness (QED) is 0.627. The van der Waals surface area contributed by atoms with Crippen LogP contribution in [0.5, 0.6) is 0 Å². The normalized spacial score (nSPS) is 13.2. The van der Waals surface area contributed by atoms with E-state index in [4.69, 9.17) is 22.3 Å². The van der Waals surface area contributed by atoms with Gasteiger partial charge in [-0.25, -0.2) is 8.42 Å². The van der Waals surface area contributed by atoms with Crippen LogP contribution < -0.4 is 0 Å². The zero-order valence-electron chi connectivity index (χ0n) is 10.2. The molecule has 0 aliphatic carbocycles. The average molecular weight is 315 g/mol. The van der Waals surface area contributed by atoms with Gasteiger partial charge in [0.1, 0.15) is 0 Å². The molecule has 1 unspecified atom stereocenters. The fourth-order valence-electron chi connectivity index (χ4n) is 1.84. The van der Waals surface area contributed by atoms with E-state index < -0.39 is 14.4 Å². The second kappa shape index (κ2) is 5.53. The van der Waals surface area contributed by atoms with Crippen molar-refractivity contribution in [3.05, 3.63) is 65.2 Å². The summed E-state index contributed by atoms with van der Waals surface area (Å²) in [5.74, 6) is 0. The maximum atomic E-state index is 11.4. The van der Waals surface area contributed by atoms with Crippen LogP contribution in [0.15, 0.2) is 53.4 Å². The van der Waals surface area contributed by atoms with Gasteiger partial charge < -0.3 is 0 Å². The first-order valence-corrected chi connectivity index (χ1v) is 8.38. The van der Waals surface area contributed by atoms with E-state index in [-0.39, 0.29) is 4.90 Å². The molecule has 19 heavy (non-hydrogen) atoms. The summed E-state index contributed by atoms with van der Waals surface area (Å²) in [6.45, 7) is 1.89. The van der Waals surface area contributed by atoms with Gasteiger partial charge in [0.25, 0.3) is 9.05 Å². The van der Waals surface area contributed by atoms with E-state index in [9.17, 15) is 8.42 Å². The van der Waals surface area contributed by atoms with Crippen LogP contribution in [0.4, 0.5) is 0 Å². The second-order valence-electron chi connectivity index (χ2n) is 4.23. The lowest BCUT2D eigenvalue weighted by Crippen LogP contribution is -1.99. The molecule has 2 rings (SSSR count). The number of halogens is 2. The van der Waals surface area contributed by atoms with Gasteiger partial charge in [0.2, 0.25) is 0 Å². The molecule has 0 aromatic heterocycles. The highest BCUT2D eigenvalue weighted by molar-refractivity contribution is 8.13. The summed E-state index contributed by atoms with van der Waals surface area (Å²) in [5.41, 5.74) is 2.58. The summed E-state index contributed by atoms with van der Waals surface area (Å²) in [6, 6.07) is 14.2. The molecule has 0 spiro atoms. The fourth-order valence-corrected chi connectivity index (χ4v) is 3.01. The molecule has 0 saturated carbocycles. The first-order valence-electron chi connectivity index (χ1n) is 5.64. The highest BCUT2D eigenvalue weighted by atomic mass is 35.7. The number of hydrogen-bond acceptors (Lipinski definition) is 2. The molecule has 2 aromatic carbocycles. The van der Waals surface area contributed by atoms with Crippen molar-refractivity contribution >= 4 is 31.3 Å². The van der Waals surface area contributed by atoms with Crippen molar-refractivity contribution in [3.63, 3.8) is 0 Å². The second-order valence-corrected chi connectivity index (χ2v) is 7.23. The summed E-state index contributed by atoms with van der Waals surface area (Å²) in [6.07, 6.45) is 0. The topological polar surface area (TPSA) is 34.1 Å². The van der Waals surface area contributed by atoms with Gasteiger partial charge in [-0.1, -0.05) is 36.4 Å². The van der Waals surface area contributed by atoms with Crippen LogP contribution in [0.3, 0.4) is 0 Å². The Bertz CT molecular complexity index is 682. The molecular weight excluding hydrogens is 303 g/mol. The molecular formula is C14H12Cl2O2S. The van der Waals surface area contributed by atoms with Crippen molar-refractivity contribution < 1.29 is 8.42 Å². The minimum absolute atomic E-state index is 0.0661. The van der Waals surface area contributed by atoms with Crippen LogP contribution in [0.2, 0.25) is 0 Å². The van der Waals surface area contributed by atoms with Crippen molar-refractivity contribution in [1.29, 1.82) is 0 Å². The SMILES string of the molecule is Cc1ccc(S(=O)(=O)Cl)cc1C(Cl)c1ccccc1. The predicted octanol–water partition coefficient (Wildman–Crippen LogP) is 4.25. The molecule has 100 valence electrons. The summed E-state index contributed by atoms with van der Waals surface area (Å²) >= 11 is 6.42. The Balaban J connectivity index is 2.51. The van der Waals surface area contributed by atoms with Gasteiger partial charge in [0.05, 0.1) is 10.3 Å². The van der Waals surface area contributed by atoms with Crippen LogP contribution in [-0.4, -0.2) is 8.42 Å². The average Bonchev–Trinajstić information content (AvgIpc) is 2.38. The molecule has 0 amide bonds. The standard InChI is InChI=1S/C14H12Cl2O2S/c1-10-7-8-12(19(16,17)18)9-13(10)14(15)11-5-3-2-4-6-11/h2-9,14H,1H3. The largest absolute Gasteiger partial charge is 0.261 e. The zero-order valence-corrected chi connectivity index (χ0v) is 12.5. The lowest BCUT2D eigenvalue weighted by Gasteiger charge is -2.14. The summed E-state index contributed by atoms with van der Waals surface area (Å²) in [7, 11) is 1.62. The Hall–Kier alpha value is -1.03. The highest BCUT2D eigenvalue weighted by Gasteiger charge is 2.17. The van der Waals surface area contributed by atoms with Crippen molar-refractivity contribution in [2.45, 2.75) is 17.2 Å². The van der Waals surface area contributed by atoms with Gasteiger partial charge in [0, 0.05) is 10.7 Å². The van der Waals surface area contributed by atoms with E-state index in [1.807, 2.05) is 37.3 Å². The third-order valence-corrected chi connectivity index (χ3v) is 4.74. The Labute approximate surface area is 122 Å². The van der Waals surface area contributed by atoms with E-state index in [1.165, 1.54) is 12.1 Å². The van der Waals surface area contributed by atoms with E-state index in [0.29, 0.717) is 0 Å². The van der Waals surface area contributed by atoms with E-state index >= 15 is 0 Å². The molecule has 5 heteroatoms. The van der Waals surface area contributed by atoms with Gasteiger partial charge in [0.15, 0.2) is 0 Å². The Morgan fingerprint density at radius 3 is 2.26 bits per heavy atom. The molecule has 0 N–H and O–H groups in total. The first kappa shape index (κ1) is 14.4. The monoisotopic (exact) mass is 314 g/mol. The number of hydrogen-bond donors (Lipinski definition) is 0. The maximum Gasteiger partial charge on any atom is 0.261 e. The molecule has 1 atom stereocenters. The van der Waals surface area contributed by atoms with Crippen molar-refractivity contribution in [2.75, 3.05) is 0 Å². The van der Waals surface area contributed by atoms with E-state index in [2.05, 4.69) is 0 Å². The van der Waals surface area contributed by atoms with Crippen LogP contribution >= 0.6 is 22.3 Å². The third-order valence-electron chi connectivity index (χ3n) is 2.90. The molecule has 0 heterocycles. The molecule has 0 bridgehead atoms. The van der Waals surface area contributed by atoms with Gasteiger partial charge >= 0.3 is 0 Å². The highest BCUT2D eigenvalue weighted by Crippen LogP contribution is 2.32. The molecule has 2 nitrogen and oxygen atoms in total. The molecule has 0 fully saturated rings. The minimum atomic E-state index is -3.74. The number of rotatable bonds is 3. The van der Waals surface area contributed by atoms with Gasteiger partial charge in [-0.3, -0.25) is 0 Å². The summed E-state index contributed by atoms with van der Waals surface area (Å²) in [5, 5.41) is -0.403. The molecule has 0 aliphatic rings. The molecule has 2 aromatic rings. The van der Waals surface area contributed by atoms with Crippen molar-refractivity contribution in [1.82, 2.24) is 0 Å². The maximum absolute atomic E-state index is 11.4. The summed E-state index contributed by atoms with van der Waals surface area (Å²) in [4.78, 5) is 0.0661. The number of alkyl halides is 1. The molecule has 0 radical (unpaired) electrons. The van der Waals surface area contributed by atoms with Gasteiger partial charge in [-0.2, -0.15) is 0 Å². The summed E-state index contributed by atoms with van der Waals surface area (Å²) < 4.78 is 22.8. The van der Waals surface area contributed by atoms with E-state index in [0.717, 1.165) is 16.7 Å².